The van der Waals surface area contributed by atoms with Crippen molar-refractivity contribution in [3.8, 4) is 0 Å². The van der Waals surface area contributed by atoms with Gasteiger partial charge in [-0.2, -0.15) is 0 Å². The molecule has 0 saturated carbocycles. The molecule has 0 radical (unpaired) electrons. The highest BCUT2D eigenvalue weighted by atomic mass is 32.1. The Morgan fingerprint density at radius 3 is 2.53 bits per heavy atom. The number of benzene rings is 1. The Balaban J connectivity index is 2.68. The van der Waals surface area contributed by atoms with Gasteiger partial charge in [-0.05, 0) is 12.1 Å². The number of aliphatic hydroxyl groups is 2. The van der Waals surface area contributed by atoms with E-state index in [4.69, 9.17) is 23.1 Å². The third kappa shape index (κ3) is 5.12. The van der Waals surface area contributed by atoms with Gasteiger partial charge in [-0.3, -0.25) is 0 Å². The Morgan fingerprint density at radius 2 is 2.00 bits per heavy atom. The largest absolute Gasteiger partial charge is 0.394 e. The minimum Gasteiger partial charge on any atom is -0.394 e. The van der Waals surface area contributed by atoms with E-state index in [0.717, 1.165) is 5.69 Å². The van der Waals surface area contributed by atoms with E-state index in [9.17, 15) is 5.11 Å². The van der Waals surface area contributed by atoms with Gasteiger partial charge in [0.25, 0.3) is 0 Å². The normalized spacial score (nSPS) is 12.1. The number of anilines is 1. The van der Waals surface area contributed by atoms with Crippen LogP contribution >= 0.6 is 12.2 Å². The third-order valence-electron chi connectivity index (χ3n) is 2.39. The number of nitrogens with zero attached hydrogens (tertiary/aromatic N) is 1. The van der Waals surface area contributed by atoms with Gasteiger partial charge in [0.05, 0.1) is 17.7 Å². The minimum absolute atomic E-state index is 0.254. The first-order chi connectivity index (χ1) is 8.13. The third-order valence-corrected chi connectivity index (χ3v) is 2.60. The molecule has 1 atom stereocenters. The molecular formula is C12H18N2O2S. The predicted molar refractivity (Wildman–Crippen MR) is 73.2 cm³/mol. The molecule has 5 heteroatoms. The molecule has 0 amide bonds. The molecule has 0 aliphatic heterocycles. The summed E-state index contributed by atoms with van der Waals surface area (Å²) < 4.78 is 0. The standard InChI is InChI=1S/C12H18N2O2S/c13-12(17)6-7-14(8-11(16)9-15)10-4-2-1-3-5-10/h1-5,11,15-16H,6-9H2,(H2,13,17). The van der Waals surface area contributed by atoms with E-state index in [1.54, 1.807) is 0 Å². The molecule has 4 nitrogen and oxygen atoms in total. The van der Waals surface area contributed by atoms with E-state index in [2.05, 4.69) is 0 Å². The highest BCUT2D eigenvalue weighted by Gasteiger charge is 2.11. The van der Waals surface area contributed by atoms with E-state index in [0.29, 0.717) is 24.5 Å². The van der Waals surface area contributed by atoms with Crippen molar-refractivity contribution >= 4 is 22.9 Å². The molecule has 0 bridgehead atoms. The minimum atomic E-state index is -0.762. The van der Waals surface area contributed by atoms with E-state index < -0.39 is 6.10 Å². The summed E-state index contributed by atoms with van der Waals surface area (Å²) in [5.41, 5.74) is 6.46. The summed E-state index contributed by atoms with van der Waals surface area (Å²) in [5, 5.41) is 18.4. The zero-order valence-corrected chi connectivity index (χ0v) is 10.4. The molecular weight excluding hydrogens is 236 g/mol. The lowest BCUT2D eigenvalue weighted by molar-refractivity contribution is 0.0999. The van der Waals surface area contributed by atoms with Gasteiger partial charge < -0.3 is 20.8 Å². The first-order valence-electron chi connectivity index (χ1n) is 5.50. The van der Waals surface area contributed by atoms with Crippen LogP contribution in [0.15, 0.2) is 30.3 Å². The van der Waals surface area contributed by atoms with Crippen LogP contribution in [0.3, 0.4) is 0 Å². The quantitative estimate of drug-likeness (QED) is 0.619. The molecule has 0 fully saturated rings. The van der Waals surface area contributed by atoms with Crippen LogP contribution in [-0.2, 0) is 0 Å². The van der Waals surface area contributed by atoms with Crippen LogP contribution in [-0.4, -0.2) is 41.0 Å². The van der Waals surface area contributed by atoms with E-state index >= 15 is 0 Å². The molecule has 1 aromatic rings. The SMILES string of the molecule is NC(=S)CCN(CC(O)CO)c1ccccc1. The topological polar surface area (TPSA) is 69.7 Å². The van der Waals surface area contributed by atoms with Crippen LogP contribution in [0.2, 0.25) is 0 Å². The first kappa shape index (κ1) is 13.9. The summed E-state index contributed by atoms with van der Waals surface area (Å²) in [6.07, 6.45) is -0.177. The number of hydrogen-bond donors (Lipinski definition) is 3. The van der Waals surface area contributed by atoms with E-state index in [1.807, 2.05) is 35.2 Å². The van der Waals surface area contributed by atoms with Gasteiger partial charge >= 0.3 is 0 Å². The molecule has 0 spiro atoms. The Morgan fingerprint density at radius 1 is 1.35 bits per heavy atom. The molecule has 4 N–H and O–H groups in total. The molecule has 1 aromatic carbocycles. The van der Waals surface area contributed by atoms with Crippen molar-refractivity contribution in [2.24, 2.45) is 5.73 Å². The van der Waals surface area contributed by atoms with Gasteiger partial charge in [-0.25, -0.2) is 0 Å². The second-order valence-electron chi connectivity index (χ2n) is 3.83. The monoisotopic (exact) mass is 254 g/mol. The van der Waals surface area contributed by atoms with E-state index in [1.165, 1.54) is 0 Å². The van der Waals surface area contributed by atoms with Crippen molar-refractivity contribution in [1.82, 2.24) is 0 Å². The summed E-state index contributed by atoms with van der Waals surface area (Å²) in [5.74, 6) is 0. The van der Waals surface area contributed by atoms with Gasteiger partial charge in [0.15, 0.2) is 0 Å². The maximum atomic E-state index is 9.50. The Bertz CT molecular complexity index is 346. The van der Waals surface area contributed by atoms with Crippen molar-refractivity contribution in [1.29, 1.82) is 0 Å². The molecule has 1 unspecified atom stereocenters. The average Bonchev–Trinajstić information content (AvgIpc) is 2.35. The highest BCUT2D eigenvalue weighted by Crippen LogP contribution is 2.14. The fraction of sp³-hybridized carbons (Fsp3) is 0.417. The summed E-state index contributed by atoms with van der Waals surface area (Å²) in [4.78, 5) is 2.41. The molecule has 0 aliphatic carbocycles. The van der Waals surface area contributed by atoms with Crippen molar-refractivity contribution in [2.75, 3.05) is 24.6 Å². The summed E-state index contributed by atoms with van der Waals surface area (Å²) in [6, 6.07) is 9.67. The molecule has 0 saturated heterocycles. The van der Waals surface area contributed by atoms with Gasteiger partial charge in [0.2, 0.25) is 0 Å². The number of nitrogens with two attached hydrogens (primary N) is 1. The second-order valence-corrected chi connectivity index (χ2v) is 4.36. The maximum absolute atomic E-state index is 9.50. The lowest BCUT2D eigenvalue weighted by Gasteiger charge is -2.26. The number of aliphatic hydroxyl groups excluding tert-OH is 2. The molecule has 1 rings (SSSR count). The van der Waals surface area contributed by atoms with Crippen LogP contribution < -0.4 is 10.6 Å². The molecule has 0 heterocycles. The van der Waals surface area contributed by atoms with Gasteiger partial charge in [-0.15, -0.1) is 0 Å². The van der Waals surface area contributed by atoms with Crippen LogP contribution in [0.1, 0.15) is 6.42 Å². The fourth-order valence-corrected chi connectivity index (χ4v) is 1.61. The zero-order valence-electron chi connectivity index (χ0n) is 9.62. The summed E-state index contributed by atoms with van der Waals surface area (Å²) >= 11 is 4.85. The van der Waals surface area contributed by atoms with E-state index in [-0.39, 0.29) is 6.61 Å². The van der Waals surface area contributed by atoms with Crippen LogP contribution in [0.25, 0.3) is 0 Å². The van der Waals surface area contributed by atoms with Crippen LogP contribution in [0.5, 0.6) is 0 Å². The highest BCUT2D eigenvalue weighted by molar-refractivity contribution is 7.80. The second kappa shape index (κ2) is 7.21. The molecule has 0 aromatic heterocycles. The lowest BCUT2D eigenvalue weighted by atomic mass is 10.2. The Kier molecular flexibility index (Phi) is 5.90. The predicted octanol–water partition coefficient (Wildman–Crippen LogP) is 0.522. The Labute approximate surface area is 107 Å². The Hall–Kier alpha value is -1.17. The maximum Gasteiger partial charge on any atom is 0.0945 e. The molecule has 94 valence electrons. The van der Waals surface area contributed by atoms with Crippen LogP contribution in [0, 0.1) is 0 Å². The lowest BCUT2D eigenvalue weighted by Crippen LogP contribution is -2.36. The van der Waals surface area contributed by atoms with Crippen LogP contribution in [0.4, 0.5) is 5.69 Å². The number of para-hydroxylation sites is 1. The number of hydrogen-bond acceptors (Lipinski definition) is 4. The zero-order chi connectivity index (χ0) is 12.7. The van der Waals surface area contributed by atoms with Crippen molar-refractivity contribution in [3.63, 3.8) is 0 Å². The fourth-order valence-electron chi connectivity index (χ4n) is 1.52. The van der Waals surface area contributed by atoms with Gasteiger partial charge in [0.1, 0.15) is 0 Å². The van der Waals surface area contributed by atoms with Gasteiger partial charge in [0, 0.05) is 25.2 Å². The average molecular weight is 254 g/mol. The number of rotatable bonds is 7. The van der Waals surface area contributed by atoms with Crippen molar-refractivity contribution < 1.29 is 10.2 Å². The molecule has 17 heavy (non-hydrogen) atoms. The smallest absolute Gasteiger partial charge is 0.0945 e. The first-order valence-corrected chi connectivity index (χ1v) is 5.91. The van der Waals surface area contributed by atoms with Crippen molar-refractivity contribution in [2.45, 2.75) is 12.5 Å². The summed E-state index contributed by atoms with van der Waals surface area (Å²) in [7, 11) is 0. The van der Waals surface area contributed by atoms with Gasteiger partial charge in [-0.1, -0.05) is 30.4 Å². The van der Waals surface area contributed by atoms with Crippen molar-refractivity contribution in [3.05, 3.63) is 30.3 Å². The number of thiocarbonyl (C=S) groups is 1. The molecule has 0 aliphatic rings. The summed E-state index contributed by atoms with van der Waals surface area (Å²) in [6.45, 7) is 0.746.